The van der Waals surface area contributed by atoms with Gasteiger partial charge < -0.3 is 10.2 Å². The van der Waals surface area contributed by atoms with Gasteiger partial charge in [-0.15, -0.1) is 0 Å². The number of anilines is 1. The first-order valence-corrected chi connectivity index (χ1v) is 9.04. The number of hydrogen-bond donors (Lipinski definition) is 1. The third-order valence-electron chi connectivity index (χ3n) is 4.58. The fourth-order valence-electron chi connectivity index (χ4n) is 3.28. The van der Waals surface area contributed by atoms with Gasteiger partial charge in [-0.25, -0.2) is 9.97 Å². The zero-order chi connectivity index (χ0) is 17.5. The second-order valence-electron chi connectivity index (χ2n) is 6.33. The van der Waals surface area contributed by atoms with E-state index < -0.39 is 0 Å². The van der Waals surface area contributed by atoms with Crippen LogP contribution in [0.5, 0.6) is 0 Å². The number of nitrogens with one attached hydrogen (secondary N) is 1. The van der Waals surface area contributed by atoms with Crippen LogP contribution < -0.4 is 5.32 Å². The van der Waals surface area contributed by atoms with E-state index in [2.05, 4.69) is 20.3 Å². The van der Waals surface area contributed by atoms with Crippen molar-refractivity contribution < 1.29 is 4.79 Å². The van der Waals surface area contributed by atoms with Crippen LogP contribution in [0.25, 0.3) is 0 Å². The van der Waals surface area contributed by atoms with E-state index in [-0.39, 0.29) is 11.9 Å². The lowest BCUT2D eigenvalue weighted by Gasteiger charge is -2.36. The molecular weight excluding hydrogens is 314 g/mol. The van der Waals surface area contributed by atoms with Crippen LogP contribution in [-0.2, 0) is 6.42 Å². The molecule has 3 heterocycles. The Kier molecular flexibility index (Phi) is 5.93. The van der Waals surface area contributed by atoms with Gasteiger partial charge in [-0.05, 0) is 51.2 Å². The predicted molar refractivity (Wildman–Crippen MR) is 97.4 cm³/mol. The van der Waals surface area contributed by atoms with Crippen molar-refractivity contribution in [3.05, 3.63) is 48.0 Å². The molecule has 1 N–H and O–H groups in total. The highest BCUT2D eigenvalue weighted by Crippen LogP contribution is 2.23. The van der Waals surface area contributed by atoms with Gasteiger partial charge in [-0.2, -0.15) is 0 Å². The van der Waals surface area contributed by atoms with E-state index in [1.54, 1.807) is 12.4 Å². The van der Waals surface area contributed by atoms with Gasteiger partial charge in [0.1, 0.15) is 0 Å². The van der Waals surface area contributed by atoms with Crippen molar-refractivity contribution in [1.82, 2.24) is 19.9 Å². The molecule has 6 nitrogen and oxygen atoms in total. The molecule has 2 aromatic heterocycles. The van der Waals surface area contributed by atoms with Crippen molar-refractivity contribution in [3.63, 3.8) is 0 Å². The van der Waals surface area contributed by atoms with Crippen LogP contribution in [0.15, 0.2) is 36.8 Å². The van der Waals surface area contributed by atoms with Crippen molar-refractivity contribution in [2.45, 2.75) is 45.1 Å². The fourth-order valence-corrected chi connectivity index (χ4v) is 3.28. The molecule has 1 aliphatic rings. The number of carbonyl (C=O) groups excluding carboxylic acids is 1. The Morgan fingerprint density at radius 1 is 1.24 bits per heavy atom. The molecule has 25 heavy (non-hydrogen) atoms. The monoisotopic (exact) mass is 339 g/mol. The molecule has 0 spiro atoms. The van der Waals surface area contributed by atoms with E-state index in [1.165, 1.54) is 6.42 Å². The standard InChI is InChI=1S/C19H25N5O/c1-2-20-19-22-13-15(14-23-19)18(25)24-12-6-4-8-17(24)10-9-16-7-3-5-11-21-16/h3,5,7,11,13-14,17H,2,4,6,8-10,12H2,1H3,(H,20,22,23)/t17-/m0/s1. The molecule has 0 bridgehead atoms. The summed E-state index contributed by atoms with van der Waals surface area (Å²) in [4.78, 5) is 27.7. The molecule has 0 aliphatic carbocycles. The summed E-state index contributed by atoms with van der Waals surface area (Å²) in [5.41, 5.74) is 1.64. The maximum Gasteiger partial charge on any atom is 0.257 e. The van der Waals surface area contributed by atoms with E-state index in [4.69, 9.17) is 0 Å². The van der Waals surface area contributed by atoms with Crippen molar-refractivity contribution in [1.29, 1.82) is 0 Å². The molecule has 3 rings (SSSR count). The lowest BCUT2D eigenvalue weighted by atomic mass is 9.96. The Morgan fingerprint density at radius 3 is 2.80 bits per heavy atom. The number of hydrogen-bond acceptors (Lipinski definition) is 5. The summed E-state index contributed by atoms with van der Waals surface area (Å²) in [6, 6.07) is 6.24. The van der Waals surface area contributed by atoms with Crippen LogP contribution in [0.2, 0.25) is 0 Å². The fraction of sp³-hybridized carbons (Fsp3) is 0.474. The smallest absolute Gasteiger partial charge is 0.257 e. The SMILES string of the molecule is CCNc1ncc(C(=O)N2CCCC[C@H]2CCc2ccccn2)cn1. The van der Waals surface area contributed by atoms with Gasteiger partial charge in [0.2, 0.25) is 5.95 Å². The molecule has 1 aliphatic heterocycles. The molecule has 0 unspecified atom stereocenters. The quantitative estimate of drug-likeness (QED) is 0.876. The molecule has 1 atom stereocenters. The van der Waals surface area contributed by atoms with E-state index in [0.29, 0.717) is 11.5 Å². The summed E-state index contributed by atoms with van der Waals surface area (Å²) >= 11 is 0. The van der Waals surface area contributed by atoms with Gasteiger partial charge in [-0.1, -0.05) is 6.07 Å². The third-order valence-corrected chi connectivity index (χ3v) is 4.58. The topological polar surface area (TPSA) is 71.0 Å². The molecule has 0 saturated carbocycles. The molecule has 2 aromatic rings. The molecule has 1 amide bonds. The number of aryl methyl sites for hydroxylation is 1. The highest BCUT2D eigenvalue weighted by molar-refractivity contribution is 5.94. The van der Waals surface area contributed by atoms with Gasteiger partial charge in [0.15, 0.2) is 0 Å². The number of likely N-dealkylation sites (tertiary alicyclic amines) is 1. The lowest BCUT2D eigenvalue weighted by Crippen LogP contribution is -2.44. The Morgan fingerprint density at radius 2 is 2.08 bits per heavy atom. The number of nitrogens with zero attached hydrogens (tertiary/aromatic N) is 4. The number of rotatable bonds is 6. The Bertz CT molecular complexity index is 674. The van der Waals surface area contributed by atoms with Crippen LogP contribution in [0.3, 0.4) is 0 Å². The number of piperidine rings is 1. The largest absolute Gasteiger partial charge is 0.355 e. The highest BCUT2D eigenvalue weighted by atomic mass is 16.2. The van der Waals surface area contributed by atoms with Crippen molar-refractivity contribution in [3.8, 4) is 0 Å². The Hall–Kier alpha value is -2.50. The maximum atomic E-state index is 12.9. The second-order valence-corrected chi connectivity index (χ2v) is 6.33. The average molecular weight is 339 g/mol. The Labute approximate surface area is 148 Å². The first kappa shape index (κ1) is 17.3. The summed E-state index contributed by atoms with van der Waals surface area (Å²) in [6.07, 6.45) is 10.2. The summed E-state index contributed by atoms with van der Waals surface area (Å²) < 4.78 is 0. The molecule has 132 valence electrons. The minimum Gasteiger partial charge on any atom is -0.355 e. The molecule has 1 fully saturated rings. The van der Waals surface area contributed by atoms with Crippen LogP contribution >= 0.6 is 0 Å². The summed E-state index contributed by atoms with van der Waals surface area (Å²) in [5.74, 6) is 0.596. The van der Waals surface area contributed by atoms with Crippen LogP contribution in [0, 0.1) is 0 Å². The van der Waals surface area contributed by atoms with Crippen molar-refractivity contribution in [2.75, 3.05) is 18.4 Å². The molecule has 6 heteroatoms. The third kappa shape index (κ3) is 4.53. The number of aromatic nitrogens is 3. The summed E-state index contributed by atoms with van der Waals surface area (Å²) in [6.45, 7) is 3.55. The zero-order valence-electron chi connectivity index (χ0n) is 14.7. The second kappa shape index (κ2) is 8.55. The lowest BCUT2D eigenvalue weighted by molar-refractivity contribution is 0.0600. The van der Waals surface area contributed by atoms with Crippen molar-refractivity contribution in [2.24, 2.45) is 0 Å². The molecular formula is C19H25N5O. The predicted octanol–water partition coefficient (Wildman–Crippen LogP) is 2.93. The van der Waals surface area contributed by atoms with E-state index in [0.717, 1.165) is 44.5 Å². The first-order valence-electron chi connectivity index (χ1n) is 9.04. The summed E-state index contributed by atoms with van der Waals surface area (Å²) in [5, 5.41) is 3.05. The van der Waals surface area contributed by atoms with Crippen LogP contribution in [0.4, 0.5) is 5.95 Å². The van der Waals surface area contributed by atoms with Crippen LogP contribution in [-0.4, -0.2) is 44.9 Å². The Balaban J connectivity index is 1.66. The van der Waals surface area contributed by atoms with Crippen LogP contribution in [0.1, 0.15) is 48.7 Å². The molecule has 1 saturated heterocycles. The highest BCUT2D eigenvalue weighted by Gasteiger charge is 2.27. The van der Waals surface area contributed by atoms with E-state index >= 15 is 0 Å². The summed E-state index contributed by atoms with van der Waals surface area (Å²) in [7, 11) is 0. The van der Waals surface area contributed by atoms with E-state index in [1.807, 2.05) is 36.2 Å². The van der Waals surface area contributed by atoms with Gasteiger partial charge >= 0.3 is 0 Å². The minimum absolute atomic E-state index is 0.0359. The van der Waals surface area contributed by atoms with Crippen molar-refractivity contribution >= 4 is 11.9 Å². The zero-order valence-corrected chi connectivity index (χ0v) is 14.7. The maximum absolute atomic E-state index is 12.9. The number of amides is 1. The number of carbonyl (C=O) groups is 1. The normalized spacial score (nSPS) is 17.3. The molecule has 0 aromatic carbocycles. The van der Waals surface area contributed by atoms with Gasteiger partial charge in [0.25, 0.3) is 5.91 Å². The molecule has 0 radical (unpaired) electrons. The number of pyridine rings is 1. The van der Waals surface area contributed by atoms with Gasteiger partial charge in [0, 0.05) is 43.4 Å². The first-order chi connectivity index (χ1) is 12.3. The van der Waals surface area contributed by atoms with E-state index in [9.17, 15) is 4.79 Å². The van der Waals surface area contributed by atoms with Gasteiger partial charge in [0.05, 0.1) is 5.56 Å². The van der Waals surface area contributed by atoms with Gasteiger partial charge in [-0.3, -0.25) is 9.78 Å². The minimum atomic E-state index is 0.0359. The average Bonchev–Trinajstić information content (AvgIpc) is 2.68.